The molecule has 104 valence electrons. The van der Waals surface area contributed by atoms with Gasteiger partial charge in [-0.3, -0.25) is 10.1 Å². The van der Waals surface area contributed by atoms with E-state index in [4.69, 9.17) is 5.73 Å². The van der Waals surface area contributed by atoms with Gasteiger partial charge < -0.3 is 10.3 Å². The first-order valence-corrected chi connectivity index (χ1v) is 7.17. The van der Waals surface area contributed by atoms with Crippen molar-refractivity contribution in [3.63, 3.8) is 0 Å². The minimum absolute atomic E-state index is 0.156. The number of thiazole rings is 1. The second-order valence-electron chi connectivity index (χ2n) is 4.08. The Morgan fingerprint density at radius 2 is 2.45 bits per heavy atom. The molecule has 2 heterocycles. The van der Waals surface area contributed by atoms with Crippen LogP contribution in [0.15, 0.2) is 24.5 Å². The smallest absolute Gasteiger partial charge is 0.274 e. The molecule has 2 aromatic rings. The molecule has 3 N–H and O–H groups in total. The number of aryl methyl sites for hydroxylation is 1. The van der Waals surface area contributed by atoms with Crippen molar-refractivity contribution >= 4 is 22.4 Å². The summed E-state index contributed by atoms with van der Waals surface area (Å²) < 4.78 is 1.93. The van der Waals surface area contributed by atoms with E-state index in [0.29, 0.717) is 17.4 Å². The zero-order valence-electron chi connectivity index (χ0n) is 11.2. The molecule has 0 aliphatic carbocycles. The van der Waals surface area contributed by atoms with Crippen LogP contribution >= 0.6 is 11.3 Å². The van der Waals surface area contributed by atoms with E-state index in [9.17, 15) is 4.79 Å². The molecule has 0 bridgehead atoms. The van der Waals surface area contributed by atoms with Crippen LogP contribution in [0.5, 0.6) is 0 Å². The summed E-state index contributed by atoms with van der Waals surface area (Å²) in [5.41, 5.74) is 5.95. The summed E-state index contributed by atoms with van der Waals surface area (Å²) in [6, 6.07) is 3.66. The lowest BCUT2D eigenvalue weighted by Crippen LogP contribution is -2.16. The SMILES string of the molecule is CCCn1cccc1C(=O)Nc1ncc(C#CCN)s1. The van der Waals surface area contributed by atoms with E-state index in [1.54, 1.807) is 12.3 Å². The quantitative estimate of drug-likeness (QED) is 0.844. The van der Waals surface area contributed by atoms with Gasteiger partial charge in [-0.05, 0) is 18.6 Å². The predicted octanol–water partition coefficient (Wildman–Crippen LogP) is 1.92. The fraction of sp³-hybridized carbons (Fsp3) is 0.286. The van der Waals surface area contributed by atoms with E-state index >= 15 is 0 Å². The highest BCUT2D eigenvalue weighted by atomic mass is 32.1. The van der Waals surface area contributed by atoms with E-state index < -0.39 is 0 Å². The lowest BCUT2D eigenvalue weighted by Gasteiger charge is -2.06. The van der Waals surface area contributed by atoms with Crippen LogP contribution in [0.25, 0.3) is 0 Å². The Morgan fingerprint density at radius 1 is 1.60 bits per heavy atom. The van der Waals surface area contributed by atoms with E-state index in [1.807, 2.05) is 16.8 Å². The lowest BCUT2D eigenvalue weighted by atomic mass is 10.4. The second kappa shape index (κ2) is 6.89. The van der Waals surface area contributed by atoms with Gasteiger partial charge in [-0.25, -0.2) is 4.98 Å². The van der Waals surface area contributed by atoms with Crippen LogP contribution in [0.4, 0.5) is 5.13 Å². The number of hydrogen-bond donors (Lipinski definition) is 2. The van der Waals surface area contributed by atoms with Crippen LogP contribution < -0.4 is 11.1 Å². The van der Waals surface area contributed by atoms with Gasteiger partial charge in [0.1, 0.15) is 5.69 Å². The van der Waals surface area contributed by atoms with Crippen LogP contribution in [-0.2, 0) is 6.54 Å². The number of nitrogens with one attached hydrogen (secondary N) is 1. The first-order chi connectivity index (χ1) is 9.74. The molecular formula is C14H16N4OS. The largest absolute Gasteiger partial charge is 0.344 e. The molecule has 0 spiro atoms. The average molecular weight is 288 g/mol. The molecule has 0 saturated carbocycles. The van der Waals surface area contributed by atoms with Gasteiger partial charge in [0.25, 0.3) is 5.91 Å². The Labute approximate surface area is 121 Å². The molecule has 2 rings (SSSR count). The molecule has 0 aliphatic rings. The Bertz CT molecular complexity index is 647. The molecule has 0 aliphatic heterocycles. The zero-order valence-corrected chi connectivity index (χ0v) is 12.0. The van der Waals surface area contributed by atoms with Crippen molar-refractivity contribution in [1.29, 1.82) is 0 Å². The van der Waals surface area contributed by atoms with E-state index in [1.165, 1.54) is 11.3 Å². The van der Waals surface area contributed by atoms with Crippen LogP contribution in [0, 0.1) is 11.8 Å². The van der Waals surface area contributed by atoms with Gasteiger partial charge in [-0.1, -0.05) is 30.1 Å². The number of nitrogens with two attached hydrogens (primary N) is 1. The monoisotopic (exact) mass is 288 g/mol. The van der Waals surface area contributed by atoms with Crippen LogP contribution in [0.1, 0.15) is 28.7 Å². The van der Waals surface area contributed by atoms with Crippen molar-refractivity contribution in [3.05, 3.63) is 35.1 Å². The lowest BCUT2D eigenvalue weighted by molar-refractivity contribution is 0.101. The molecular weight excluding hydrogens is 272 g/mol. The van der Waals surface area contributed by atoms with Crippen molar-refractivity contribution in [3.8, 4) is 11.8 Å². The summed E-state index contributed by atoms with van der Waals surface area (Å²) in [5, 5.41) is 3.33. The summed E-state index contributed by atoms with van der Waals surface area (Å²) in [6.45, 7) is 3.20. The first-order valence-electron chi connectivity index (χ1n) is 6.36. The molecule has 0 saturated heterocycles. The third kappa shape index (κ3) is 3.47. The molecule has 0 aromatic carbocycles. The number of aromatic nitrogens is 2. The number of hydrogen-bond acceptors (Lipinski definition) is 4. The van der Waals surface area contributed by atoms with Gasteiger partial charge in [0, 0.05) is 12.7 Å². The van der Waals surface area contributed by atoms with Crippen LogP contribution in [-0.4, -0.2) is 22.0 Å². The maximum Gasteiger partial charge on any atom is 0.274 e. The van der Waals surface area contributed by atoms with Gasteiger partial charge in [-0.15, -0.1) is 0 Å². The third-order valence-corrected chi connectivity index (χ3v) is 3.39. The maximum absolute atomic E-state index is 12.2. The van der Waals surface area contributed by atoms with Gasteiger partial charge in [0.15, 0.2) is 5.13 Å². The Morgan fingerprint density at radius 3 is 3.20 bits per heavy atom. The summed E-state index contributed by atoms with van der Waals surface area (Å²) >= 11 is 1.34. The zero-order chi connectivity index (χ0) is 14.4. The van der Waals surface area contributed by atoms with E-state index in [-0.39, 0.29) is 5.91 Å². The number of amides is 1. The Kier molecular flexibility index (Phi) is 4.93. The highest BCUT2D eigenvalue weighted by Gasteiger charge is 2.12. The molecule has 20 heavy (non-hydrogen) atoms. The molecule has 0 atom stereocenters. The maximum atomic E-state index is 12.2. The van der Waals surface area contributed by atoms with Gasteiger partial charge in [0.2, 0.25) is 0 Å². The fourth-order valence-corrected chi connectivity index (χ4v) is 2.43. The summed E-state index contributed by atoms with van der Waals surface area (Å²) in [5.74, 6) is 5.49. The second-order valence-corrected chi connectivity index (χ2v) is 5.11. The van der Waals surface area contributed by atoms with Gasteiger partial charge in [0.05, 0.1) is 17.6 Å². The van der Waals surface area contributed by atoms with Crippen molar-refractivity contribution in [2.45, 2.75) is 19.9 Å². The predicted molar refractivity (Wildman–Crippen MR) is 80.7 cm³/mol. The standard InChI is InChI=1S/C14H16N4OS/c1-2-8-18-9-4-6-12(18)13(19)17-14-16-10-11(20-14)5-3-7-15/h4,6,9-10H,2,7-8,15H2,1H3,(H,16,17,19). The summed E-state index contributed by atoms with van der Waals surface area (Å²) in [4.78, 5) is 17.1. The van der Waals surface area contributed by atoms with Crippen molar-refractivity contribution in [2.75, 3.05) is 11.9 Å². The normalized spacial score (nSPS) is 9.90. The molecule has 6 heteroatoms. The summed E-state index contributed by atoms with van der Waals surface area (Å²) in [6.07, 6.45) is 4.51. The van der Waals surface area contributed by atoms with E-state index in [2.05, 4.69) is 29.1 Å². The highest BCUT2D eigenvalue weighted by Crippen LogP contribution is 2.18. The highest BCUT2D eigenvalue weighted by molar-refractivity contribution is 7.16. The number of nitrogens with zero attached hydrogens (tertiary/aromatic N) is 2. The van der Waals surface area contributed by atoms with Crippen molar-refractivity contribution in [2.24, 2.45) is 5.73 Å². The molecule has 0 radical (unpaired) electrons. The molecule has 0 unspecified atom stereocenters. The molecule has 0 fully saturated rings. The van der Waals surface area contributed by atoms with Crippen LogP contribution in [0.3, 0.4) is 0 Å². The van der Waals surface area contributed by atoms with E-state index in [0.717, 1.165) is 17.8 Å². The average Bonchev–Trinajstić information content (AvgIpc) is 3.06. The number of rotatable bonds is 4. The topological polar surface area (TPSA) is 72.9 Å². The Hall–Kier alpha value is -2.10. The van der Waals surface area contributed by atoms with Crippen molar-refractivity contribution in [1.82, 2.24) is 9.55 Å². The van der Waals surface area contributed by atoms with Gasteiger partial charge >= 0.3 is 0 Å². The minimum Gasteiger partial charge on any atom is -0.344 e. The molecule has 1 amide bonds. The van der Waals surface area contributed by atoms with Gasteiger partial charge in [-0.2, -0.15) is 0 Å². The minimum atomic E-state index is -0.156. The Balaban J connectivity index is 2.07. The third-order valence-electron chi connectivity index (χ3n) is 2.57. The fourth-order valence-electron chi connectivity index (χ4n) is 1.75. The summed E-state index contributed by atoms with van der Waals surface area (Å²) in [7, 11) is 0. The van der Waals surface area contributed by atoms with Crippen LogP contribution in [0.2, 0.25) is 0 Å². The first kappa shape index (κ1) is 14.3. The number of anilines is 1. The molecule has 2 aromatic heterocycles. The number of carbonyl (C=O) groups is 1. The molecule has 5 nitrogen and oxygen atoms in total. The number of carbonyl (C=O) groups excluding carboxylic acids is 1. The van der Waals surface area contributed by atoms with Crippen molar-refractivity contribution < 1.29 is 4.79 Å².